The van der Waals surface area contributed by atoms with Gasteiger partial charge in [-0.25, -0.2) is 0 Å². The lowest BCUT2D eigenvalue weighted by Crippen LogP contribution is -2.13. The highest BCUT2D eigenvalue weighted by molar-refractivity contribution is 5.57. The summed E-state index contributed by atoms with van der Waals surface area (Å²) in [5, 5.41) is 4.07. The van der Waals surface area contributed by atoms with E-state index in [0.717, 1.165) is 19.1 Å². The predicted molar refractivity (Wildman–Crippen MR) is 51.4 cm³/mol. The van der Waals surface area contributed by atoms with Gasteiger partial charge in [-0.1, -0.05) is 13.8 Å². The molecule has 0 N–H and O–H groups in total. The SMILES string of the molecule is Cn1cc(CCC(C)(C)C=O)cn1. The molecule has 0 atom stereocenters. The molecule has 0 bridgehead atoms. The summed E-state index contributed by atoms with van der Waals surface area (Å²) < 4.78 is 1.78. The molecule has 1 rings (SSSR count). The van der Waals surface area contributed by atoms with Crippen molar-refractivity contribution < 1.29 is 4.79 Å². The van der Waals surface area contributed by atoms with Crippen LogP contribution < -0.4 is 0 Å². The summed E-state index contributed by atoms with van der Waals surface area (Å²) in [6.45, 7) is 3.91. The van der Waals surface area contributed by atoms with Crippen molar-refractivity contribution in [3.63, 3.8) is 0 Å². The zero-order chi connectivity index (χ0) is 9.90. The number of aryl methyl sites for hydroxylation is 2. The quantitative estimate of drug-likeness (QED) is 0.659. The fraction of sp³-hybridized carbons (Fsp3) is 0.600. The van der Waals surface area contributed by atoms with Crippen LogP contribution in [-0.2, 0) is 18.3 Å². The molecule has 1 aromatic heterocycles. The maximum atomic E-state index is 10.6. The monoisotopic (exact) mass is 180 g/mol. The third kappa shape index (κ3) is 3.01. The van der Waals surface area contributed by atoms with Crippen molar-refractivity contribution in [2.75, 3.05) is 0 Å². The minimum Gasteiger partial charge on any atom is -0.303 e. The third-order valence-corrected chi connectivity index (χ3v) is 2.14. The molecule has 0 amide bonds. The summed E-state index contributed by atoms with van der Waals surface area (Å²) in [4.78, 5) is 10.6. The van der Waals surface area contributed by atoms with Gasteiger partial charge in [0.15, 0.2) is 0 Å². The van der Waals surface area contributed by atoms with Crippen LogP contribution >= 0.6 is 0 Å². The van der Waals surface area contributed by atoms with Crippen molar-refractivity contribution in [2.45, 2.75) is 26.7 Å². The molecule has 3 nitrogen and oxygen atoms in total. The first-order valence-corrected chi connectivity index (χ1v) is 4.47. The zero-order valence-electron chi connectivity index (χ0n) is 8.45. The fourth-order valence-electron chi connectivity index (χ4n) is 1.13. The molecule has 0 aliphatic rings. The van der Waals surface area contributed by atoms with Gasteiger partial charge in [-0.2, -0.15) is 5.10 Å². The number of hydrogen-bond donors (Lipinski definition) is 0. The van der Waals surface area contributed by atoms with Crippen molar-refractivity contribution in [2.24, 2.45) is 12.5 Å². The number of aromatic nitrogens is 2. The van der Waals surface area contributed by atoms with Crippen molar-refractivity contribution >= 4 is 6.29 Å². The van der Waals surface area contributed by atoms with Gasteiger partial charge in [-0.15, -0.1) is 0 Å². The van der Waals surface area contributed by atoms with Crippen LogP contribution in [0.3, 0.4) is 0 Å². The predicted octanol–water partition coefficient (Wildman–Crippen LogP) is 1.58. The lowest BCUT2D eigenvalue weighted by atomic mass is 9.89. The van der Waals surface area contributed by atoms with Crippen molar-refractivity contribution in [1.29, 1.82) is 0 Å². The van der Waals surface area contributed by atoms with E-state index < -0.39 is 0 Å². The van der Waals surface area contributed by atoms with Crippen LogP contribution in [0.15, 0.2) is 12.4 Å². The van der Waals surface area contributed by atoms with Crippen LogP contribution in [0, 0.1) is 5.41 Å². The molecular formula is C10H16N2O. The molecule has 0 spiro atoms. The lowest BCUT2D eigenvalue weighted by Gasteiger charge is -2.14. The second kappa shape index (κ2) is 3.73. The standard InChI is InChI=1S/C10H16N2O/c1-10(2,8-13)5-4-9-6-11-12(3)7-9/h6-8H,4-5H2,1-3H3. The maximum Gasteiger partial charge on any atom is 0.125 e. The first-order chi connectivity index (χ1) is 6.03. The second-order valence-corrected chi connectivity index (χ2v) is 4.13. The van der Waals surface area contributed by atoms with Crippen LogP contribution in [0.25, 0.3) is 0 Å². The molecule has 72 valence electrons. The van der Waals surface area contributed by atoms with E-state index in [4.69, 9.17) is 0 Å². The Labute approximate surface area is 78.8 Å². The summed E-state index contributed by atoms with van der Waals surface area (Å²) in [7, 11) is 1.90. The average Bonchev–Trinajstić information content (AvgIpc) is 2.48. The summed E-state index contributed by atoms with van der Waals surface area (Å²) in [5.74, 6) is 0. The van der Waals surface area contributed by atoms with E-state index in [1.54, 1.807) is 4.68 Å². The lowest BCUT2D eigenvalue weighted by molar-refractivity contribution is -0.114. The van der Waals surface area contributed by atoms with Crippen molar-refractivity contribution in [1.82, 2.24) is 9.78 Å². The normalized spacial score (nSPS) is 11.6. The number of rotatable bonds is 4. The van der Waals surface area contributed by atoms with Gasteiger partial charge in [0.05, 0.1) is 6.20 Å². The molecule has 0 saturated carbocycles. The van der Waals surface area contributed by atoms with E-state index in [9.17, 15) is 4.79 Å². The summed E-state index contributed by atoms with van der Waals surface area (Å²) in [5.41, 5.74) is 0.980. The number of hydrogen-bond acceptors (Lipinski definition) is 2. The Hall–Kier alpha value is -1.12. The number of carbonyl (C=O) groups excluding carboxylic acids is 1. The Morgan fingerprint density at radius 3 is 2.77 bits per heavy atom. The summed E-state index contributed by atoms with van der Waals surface area (Å²) >= 11 is 0. The molecule has 1 heterocycles. The molecule has 0 aliphatic heterocycles. The second-order valence-electron chi connectivity index (χ2n) is 4.13. The van der Waals surface area contributed by atoms with Gasteiger partial charge in [-0.3, -0.25) is 4.68 Å². The van der Waals surface area contributed by atoms with E-state index >= 15 is 0 Å². The average molecular weight is 180 g/mol. The van der Waals surface area contributed by atoms with E-state index in [-0.39, 0.29) is 5.41 Å². The molecule has 0 aromatic carbocycles. The van der Waals surface area contributed by atoms with Crippen LogP contribution in [0.5, 0.6) is 0 Å². The number of nitrogens with zero attached hydrogens (tertiary/aromatic N) is 2. The fourth-order valence-corrected chi connectivity index (χ4v) is 1.13. The summed E-state index contributed by atoms with van der Waals surface area (Å²) in [6.07, 6.45) is 6.65. The third-order valence-electron chi connectivity index (χ3n) is 2.14. The van der Waals surface area contributed by atoms with Gasteiger partial charge in [0, 0.05) is 18.7 Å². The minimum absolute atomic E-state index is 0.212. The zero-order valence-corrected chi connectivity index (χ0v) is 8.45. The van der Waals surface area contributed by atoms with Gasteiger partial charge in [0.1, 0.15) is 6.29 Å². The van der Waals surface area contributed by atoms with E-state index in [2.05, 4.69) is 5.10 Å². The molecule has 0 aliphatic carbocycles. The first kappa shape index (κ1) is 9.96. The largest absolute Gasteiger partial charge is 0.303 e. The Morgan fingerprint density at radius 2 is 2.31 bits per heavy atom. The van der Waals surface area contributed by atoms with Crippen molar-refractivity contribution in [3.05, 3.63) is 18.0 Å². The minimum atomic E-state index is -0.212. The Kier molecular flexibility index (Phi) is 2.86. The number of aldehydes is 1. The van der Waals surface area contributed by atoms with Crippen molar-refractivity contribution in [3.8, 4) is 0 Å². The molecule has 0 unspecified atom stereocenters. The van der Waals surface area contributed by atoms with Gasteiger partial charge in [0.25, 0.3) is 0 Å². The van der Waals surface area contributed by atoms with E-state index in [1.807, 2.05) is 33.3 Å². The van der Waals surface area contributed by atoms with Gasteiger partial charge >= 0.3 is 0 Å². The van der Waals surface area contributed by atoms with Crippen LogP contribution in [-0.4, -0.2) is 16.1 Å². The number of carbonyl (C=O) groups is 1. The van der Waals surface area contributed by atoms with E-state index in [1.165, 1.54) is 5.56 Å². The van der Waals surface area contributed by atoms with Crippen LogP contribution in [0.1, 0.15) is 25.8 Å². The Morgan fingerprint density at radius 1 is 1.62 bits per heavy atom. The Balaban J connectivity index is 2.48. The smallest absolute Gasteiger partial charge is 0.125 e. The highest BCUT2D eigenvalue weighted by Crippen LogP contribution is 2.19. The molecular weight excluding hydrogens is 164 g/mol. The van der Waals surface area contributed by atoms with Gasteiger partial charge < -0.3 is 4.79 Å². The molecule has 0 radical (unpaired) electrons. The van der Waals surface area contributed by atoms with Gasteiger partial charge in [-0.05, 0) is 18.4 Å². The highest BCUT2D eigenvalue weighted by atomic mass is 16.1. The molecule has 0 fully saturated rings. The highest BCUT2D eigenvalue weighted by Gasteiger charge is 2.16. The maximum absolute atomic E-state index is 10.6. The molecule has 1 aromatic rings. The van der Waals surface area contributed by atoms with Crippen LogP contribution in [0.4, 0.5) is 0 Å². The topological polar surface area (TPSA) is 34.9 Å². The first-order valence-electron chi connectivity index (χ1n) is 4.47. The molecule has 3 heteroatoms. The molecule has 13 heavy (non-hydrogen) atoms. The Bertz CT molecular complexity index is 289. The molecule has 0 saturated heterocycles. The van der Waals surface area contributed by atoms with E-state index in [0.29, 0.717) is 0 Å². The van der Waals surface area contributed by atoms with Crippen LogP contribution in [0.2, 0.25) is 0 Å². The van der Waals surface area contributed by atoms with Gasteiger partial charge in [0.2, 0.25) is 0 Å². The summed E-state index contributed by atoms with van der Waals surface area (Å²) in [6, 6.07) is 0.